The third-order valence-electron chi connectivity index (χ3n) is 1.26. The summed E-state index contributed by atoms with van der Waals surface area (Å²) in [7, 11) is 1.51. The molecule has 0 unspecified atom stereocenters. The summed E-state index contributed by atoms with van der Waals surface area (Å²) in [6, 6.07) is 1.17. The smallest absolute Gasteiger partial charge is 0.283 e. The molecular formula is C5H8N4O2. The second-order valence-electron chi connectivity index (χ2n) is 2.04. The van der Waals surface area contributed by atoms with Crippen molar-refractivity contribution in [2.45, 2.75) is 0 Å². The SMILES string of the molecule is Cn1[nH]c(C(=O)NN)cc1=O. The van der Waals surface area contributed by atoms with Gasteiger partial charge in [0.15, 0.2) is 0 Å². The van der Waals surface area contributed by atoms with Crippen molar-refractivity contribution in [1.29, 1.82) is 0 Å². The molecule has 0 saturated heterocycles. The van der Waals surface area contributed by atoms with E-state index >= 15 is 0 Å². The number of carbonyl (C=O) groups is 1. The van der Waals surface area contributed by atoms with Crippen molar-refractivity contribution < 1.29 is 4.79 Å². The fourth-order valence-electron chi connectivity index (χ4n) is 0.682. The minimum atomic E-state index is -0.511. The monoisotopic (exact) mass is 156 g/mol. The van der Waals surface area contributed by atoms with Crippen molar-refractivity contribution in [3.63, 3.8) is 0 Å². The Morgan fingerprint density at radius 3 is 2.82 bits per heavy atom. The van der Waals surface area contributed by atoms with Crippen LogP contribution in [0.15, 0.2) is 10.9 Å². The number of hydrogen-bond donors (Lipinski definition) is 3. The second kappa shape index (κ2) is 2.59. The number of nitrogens with one attached hydrogen (secondary N) is 2. The van der Waals surface area contributed by atoms with E-state index in [2.05, 4.69) is 5.10 Å². The van der Waals surface area contributed by atoms with Crippen molar-refractivity contribution in [3.05, 3.63) is 22.1 Å². The van der Waals surface area contributed by atoms with Gasteiger partial charge in [-0.1, -0.05) is 0 Å². The average Bonchev–Trinajstić information content (AvgIpc) is 2.31. The number of hydrazine groups is 1. The number of hydrogen-bond acceptors (Lipinski definition) is 3. The van der Waals surface area contributed by atoms with Crippen LogP contribution in [0.4, 0.5) is 0 Å². The molecule has 4 N–H and O–H groups in total. The predicted octanol–water partition coefficient (Wildman–Crippen LogP) is -1.68. The highest BCUT2D eigenvalue weighted by Gasteiger charge is 2.06. The molecule has 0 spiro atoms. The van der Waals surface area contributed by atoms with E-state index in [9.17, 15) is 9.59 Å². The van der Waals surface area contributed by atoms with Gasteiger partial charge in [-0.3, -0.25) is 24.8 Å². The van der Waals surface area contributed by atoms with Crippen LogP contribution in [0, 0.1) is 0 Å². The molecule has 1 aromatic heterocycles. The Morgan fingerprint density at radius 2 is 2.45 bits per heavy atom. The molecule has 0 saturated carbocycles. The van der Waals surface area contributed by atoms with Crippen LogP contribution in [0.3, 0.4) is 0 Å². The average molecular weight is 156 g/mol. The molecule has 6 nitrogen and oxygen atoms in total. The summed E-state index contributed by atoms with van der Waals surface area (Å²) in [5, 5.41) is 2.51. The van der Waals surface area contributed by atoms with Gasteiger partial charge in [-0.25, -0.2) is 5.84 Å². The standard InChI is InChI=1S/C5H8N4O2/c1-9-4(10)2-3(8-9)5(11)7-6/h2,8H,6H2,1H3,(H,7,11). The van der Waals surface area contributed by atoms with Crippen LogP contribution in [-0.2, 0) is 7.05 Å². The lowest BCUT2D eigenvalue weighted by Crippen LogP contribution is -2.30. The van der Waals surface area contributed by atoms with E-state index in [0.29, 0.717) is 0 Å². The fourth-order valence-corrected chi connectivity index (χ4v) is 0.682. The largest absolute Gasteiger partial charge is 0.291 e. The molecule has 1 amide bonds. The van der Waals surface area contributed by atoms with Gasteiger partial charge in [-0.05, 0) is 0 Å². The maximum absolute atomic E-state index is 10.8. The molecule has 11 heavy (non-hydrogen) atoms. The van der Waals surface area contributed by atoms with E-state index in [1.54, 1.807) is 0 Å². The van der Waals surface area contributed by atoms with Crippen LogP contribution in [0.1, 0.15) is 10.5 Å². The Hall–Kier alpha value is -1.56. The number of amides is 1. The van der Waals surface area contributed by atoms with E-state index in [1.165, 1.54) is 17.8 Å². The number of nitrogens with zero attached hydrogens (tertiary/aromatic N) is 1. The molecule has 1 aromatic rings. The highest BCUT2D eigenvalue weighted by atomic mass is 16.2. The van der Waals surface area contributed by atoms with Crippen LogP contribution >= 0.6 is 0 Å². The Bertz CT molecular complexity index is 323. The van der Waals surface area contributed by atoms with Gasteiger partial charge < -0.3 is 0 Å². The normalized spacial score (nSPS) is 9.64. The van der Waals surface area contributed by atoms with Crippen LogP contribution in [-0.4, -0.2) is 15.7 Å². The first-order valence-corrected chi connectivity index (χ1v) is 2.92. The van der Waals surface area contributed by atoms with Gasteiger partial charge in [0.2, 0.25) is 0 Å². The second-order valence-corrected chi connectivity index (χ2v) is 2.04. The van der Waals surface area contributed by atoms with Crippen LogP contribution < -0.4 is 16.8 Å². The lowest BCUT2D eigenvalue weighted by Gasteiger charge is -1.92. The van der Waals surface area contributed by atoms with Crippen molar-refractivity contribution in [3.8, 4) is 0 Å². The van der Waals surface area contributed by atoms with Gasteiger partial charge in [-0.2, -0.15) is 0 Å². The highest BCUT2D eigenvalue weighted by Crippen LogP contribution is 1.86. The summed E-state index contributed by atoms with van der Waals surface area (Å²) < 4.78 is 1.19. The molecule has 1 heterocycles. The first-order chi connectivity index (χ1) is 5.15. The first kappa shape index (κ1) is 7.55. The van der Waals surface area contributed by atoms with Crippen molar-refractivity contribution in [2.24, 2.45) is 12.9 Å². The van der Waals surface area contributed by atoms with Gasteiger partial charge in [0.05, 0.1) is 0 Å². The summed E-state index contributed by atoms with van der Waals surface area (Å²) in [6.45, 7) is 0. The van der Waals surface area contributed by atoms with E-state index < -0.39 is 5.91 Å². The third-order valence-corrected chi connectivity index (χ3v) is 1.26. The number of aromatic nitrogens is 2. The molecule has 0 aliphatic rings. The summed E-state index contributed by atoms with van der Waals surface area (Å²) in [6.07, 6.45) is 0. The van der Waals surface area contributed by atoms with E-state index in [4.69, 9.17) is 5.84 Å². The lowest BCUT2D eigenvalue weighted by atomic mass is 10.4. The molecule has 0 aromatic carbocycles. The Morgan fingerprint density at radius 1 is 1.82 bits per heavy atom. The number of rotatable bonds is 1. The summed E-state index contributed by atoms with van der Waals surface area (Å²) in [4.78, 5) is 21.5. The summed E-state index contributed by atoms with van der Waals surface area (Å²) in [5.41, 5.74) is 1.78. The minimum absolute atomic E-state index is 0.153. The molecule has 0 bridgehead atoms. The molecule has 0 aliphatic carbocycles. The lowest BCUT2D eigenvalue weighted by molar-refractivity contribution is 0.0948. The van der Waals surface area contributed by atoms with E-state index in [0.717, 1.165) is 0 Å². The number of aromatic amines is 1. The zero-order chi connectivity index (χ0) is 8.43. The number of nitrogen functional groups attached to an aromatic ring is 1. The Labute approximate surface area is 62.0 Å². The molecule has 0 radical (unpaired) electrons. The zero-order valence-corrected chi connectivity index (χ0v) is 5.92. The summed E-state index contributed by atoms with van der Waals surface area (Å²) >= 11 is 0. The molecule has 0 aliphatic heterocycles. The summed E-state index contributed by atoms with van der Waals surface area (Å²) in [5.74, 6) is 4.32. The Balaban J connectivity index is 3.07. The quantitative estimate of drug-likeness (QED) is 0.257. The minimum Gasteiger partial charge on any atom is -0.291 e. The van der Waals surface area contributed by atoms with Gasteiger partial charge >= 0.3 is 0 Å². The van der Waals surface area contributed by atoms with Crippen molar-refractivity contribution in [1.82, 2.24) is 15.2 Å². The van der Waals surface area contributed by atoms with Gasteiger partial charge in [0.1, 0.15) is 5.69 Å². The van der Waals surface area contributed by atoms with Gasteiger partial charge in [0, 0.05) is 13.1 Å². The molecule has 6 heteroatoms. The number of aryl methyl sites for hydroxylation is 1. The first-order valence-electron chi connectivity index (χ1n) is 2.92. The van der Waals surface area contributed by atoms with Gasteiger partial charge in [-0.15, -0.1) is 0 Å². The predicted molar refractivity (Wildman–Crippen MR) is 37.7 cm³/mol. The number of nitrogens with two attached hydrogens (primary N) is 1. The van der Waals surface area contributed by atoms with Crippen molar-refractivity contribution in [2.75, 3.05) is 0 Å². The van der Waals surface area contributed by atoms with Crippen LogP contribution in [0.25, 0.3) is 0 Å². The zero-order valence-electron chi connectivity index (χ0n) is 5.92. The fraction of sp³-hybridized carbons (Fsp3) is 0.200. The van der Waals surface area contributed by atoms with Crippen LogP contribution in [0.5, 0.6) is 0 Å². The molecule has 0 atom stereocenters. The molecule has 0 fully saturated rings. The molecular weight excluding hydrogens is 148 g/mol. The molecule has 60 valence electrons. The van der Waals surface area contributed by atoms with Crippen molar-refractivity contribution >= 4 is 5.91 Å². The van der Waals surface area contributed by atoms with Gasteiger partial charge in [0.25, 0.3) is 11.5 Å². The number of H-pyrrole nitrogens is 1. The topological polar surface area (TPSA) is 92.9 Å². The van der Waals surface area contributed by atoms with E-state index in [1.807, 2.05) is 5.43 Å². The highest BCUT2D eigenvalue weighted by molar-refractivity contribution is 5.91. The molecule has 1 rings (SSSR count). The maximum atomic E-state index is 10.8. The maximum Gasteiger partial charge on any atom is 0.283 e. The van der Waals surface area contributed by atoms with E-state index in [-0.39, 0.29) is 11.3 Å². The third kappa shape index (κ3) is 1.30. The van der Waals surface area contributed by atoms with Crippen LogP contribution in [0.2, 0.25) is 0 Å². The Kier molecular flexibility index (Phi) is 1.77. The number of carbonyl (C=O) groups excluding carboxylic acids is 1.